The van der Waals surface area contributed by atoms with E-state index in [1.165, 1.54) is 0 Å². The first-order chi connectivity index (χ1) is 6.45. The second-order valence-corrected chi connectivity index (χ2v) is 6.31. The summed E-state index contributed by atoms with van der Waals surface area (Å²) < 4.78 is -1.43. The van der Waals surface area contributed by atoms with Gasteiger partial charge >= 0.3 is 0 Å². The first kappa shape index (κ1) is 12.4. The Kier molecular flexibility index (Phi) is 4.38. The highest BCUT2D eigenvalue weighted by Crippen LogP contribution is 2.37. The number of rotatable bonds is 2. The van der Waals surface area contributed by atoms with Crippen LogP contribution in [0.4, 0.5) is 0 Å². The highest BCUT2D eigenvalue weighted by atomic mass is 35.6. The largest absolute Gasteiger partial charge is 0.256 e. The first-order valence-corrected chi connectivity index (χ1v) is 6.43. The molecule has 1 rings (SSSR count). The highest BCUT2D eigenvalue weighted by molar-refractivity contribution is 7.98. The van der Waals surface area contributed by atoms with Crippen molar-refractivity contribution in [2.24, 2.45) is 0 Å². The third kappa shape index (κ3) is 3.20. The fourth-order valence-electron chi connectivity index (χ4n) is 0.950. The Hall–Kier alpha value is 0.370. The second kappa shape index (κ2) is 4.93. The molecular formula is C9H10Cl3NS. The van der Waals surface area contributed by atoms with Gasteiger partial charge in [0, 0.05) is 11.4 Å². The number of alkyl halides is 3. The van der Waals surface area contributed by atoms with E-state index in [2.05, 4.69) is 11.9 Å². The summed E-state index contributed by atoms with van der Waals surface area (Å²) in [7, 11) is 0. The van der Waals surface area contributed by atoms with Gasteiger partial charge in [-0.15, -0.1) is 0 Å². The molecule has 0 unspecified atom stereocenters. The number of hydrogen-bond acceptors (Lipinski definition) is 2. The molecule has 78 valence electrons. The van der Waals surface area contributed by atoms with Crippen LogP contribution in [0.1, 0.15) is 23.4 Å². The number of halogens is 3. The van der Waals surface area contributed by atoms with Crippen LogP contribution < -0.4 is 0 Å². The number of thioether (sulfide) groups is 1. The lowest BCUT2D eigenvalue weighted by Gasteiger charge is -2.12. The fraction of sp³-hybridized carbons (Fsp3) is 0.444. The SMILES string of the molecule is CS[C@H](C)c1ccc(C(Cl)(Cl)Cl)nc1. The minimum absolute atomic E-state index is 0.409. The van der Waals surface area contributed by atoms with Gasteiger partial charge in [-0.1, -0.05) is 40.9 Å². The van der Waals surface area contributed by atoms with Gasteiger partial charge < -0.3 is 0 Å². The third-order valence-electron chi connectivity index (χ3n) is 1.90. The van der Waals surface area contributed by atoms with E-state index in [0.717, 1.165) is 5.56 Å². The van der Waals surface area contributed by atoms with Gasteiger partial charge in [0.1, 0.15) is 0 Å². The summed E-state index contributed by atoms with van der Waals surface area (Å²) in [6, 6.07) is 3.68. The van der Waals surface area contributed by atoms with E-state index in [1.54, 1.807) is 24.0 Å². The number of hydrogen-bond donors (Lipinski definition) is 0. The number of nitrogens with zero attached hydrogens (tertiary/aromatic N) is 1. The van der Waals surface area contributed by atoms with Gasteiger partial charge in [0.05, 0.1) is 5.69 Å². The minimum atomic E-state index is -1.43. The van der Waals surface area contributed by atoms with Gasteiger partial charge in [0.25, 0.3) is 0 Å². The van der Waals surface area contributed by atoms with Crippen molar-refractivity contribution in [2.75, 3.05) is 6.26 Å². The van der Waals surface area contributed by atoms with E-state index < -0.39 is 3.79 Å². The zero-order valence-electron chi connectivity index (χ0n) is 7.80. The Bertz CT molecular complexity index is 294. The zero-order chi connectivity index (χ0) is 10.8. The molecule has 1 aromatic heterocycles. The van der Waals surface area contributed by atoms with Crippen LogP contribution in [0.5, 0.6) is 0 Å². The van der Waals surface area contributed by atoms with Crippen LogP contribution in [0.25, 0.3) is 0 Å². The summed E-state index contributed by atoms with van der Waals surface area (Å²) in [6.07, 6.45) is 3.80. The zero-order valence-corrected chi connectivity index (χ0v) is 10.9. The molecule has 0 aliphatic rings. The lowest BCUT2D eigenvalue weighted by Crippen LogP contribution is -2.03. The van der Waals surface area contributed by atoms with Crippen LogP contribution in [-0.2, 0) is 3.79 Å². The maximum absolute atomic E-state index is 5.69. The molecular weight excluding hydrogens is 261 g/mol. The maximum atomic E-state index is 5.69. The standard InChI is InChI=1S/C9H10Cl3NS/c1-6(14-2)7-3-4-8(13-5-7)9(10,11)12/h3-6H,1-2H3/t6-/m1/s1. The highest BCUT2D eigenvalue weighted by Gasteiger charge is 2.24. The van der Waals surface area contributed by atoms with Gasteiger partial charge in [-0.05, 0) is 24.8 Å². The monoisotopic (exact) mass is 269 g/mol. The van der Waals surface area contributed by atoms with Gasteiger partial charge in [-0.2, -0.15) is 11.8 Å². The molecule has 0 fully saturated rings. The van der Waals surface area contributed by atoms with Crippen molar-refractivity contribution in [3.05, 3.63) is 29.6 Å². The molecule has 0 saturated heterocycles. The summed E-state index contributed by atoms with van der Waals surface area (Å²) >= 11 is 18.8. The summed E-state index contributed by atoms with van der Waals surface area (Å²) in [6.45, 7) is 2.11. The molecule has 0 bridgehead atoms. The Balaban J connectivity index is 2.89. The number of aromatic nitrogens is 1. The Labute approximate surface area is 103 Å². The quantitative estimate of drug-likeness (QED) is 0.742. The summed E-state index contributed by atoms with van der Waals surface area (Å²) in [5.74, 6) is 0. The van der Waals surface area contributed by atoms with E-state index in [0.29, 0.717) is 10.9 Å². The van der Waals surface area contributed by atoms with Gasteiger partial charge in [-0.25, -0.2) is 0 Å². The summed E-state index contributed by atoms with van der Waals surface area (Å²) in [5.41, 5.74) is 1.59. The molecule has 1 nitrogen and oxygen atoms in total. The summed E-state index contributed by atoms with van der Waals surface area (Å²) in [5, 5.41) is 0.409. The van der Waals surface area contributed by atoms with E-state index in [9.17, 15) is 0 Å². The molecule has 14 heavy (non-hydrogen) atoms. The molecule has 0 N–H and O–H groups in total. The normalized spacial score (nSPS) is 14.1. The molecule has 0 aliphatic carbocycles. The Morgan fingerprint density at radius 3 is 2.36 bits per heavy atom. The molecule has 0 aromatic carbocycles. The molecule has 0 saturated carbocycles. The van der Waals surface area contributed by atoms with Crippen LogP contribution >= 0.6 is 46.6 Å². The van der Waals surface area contributed by atoms with Crippen LogP contribution in [-0.4, -0.2) is 11.2 Å². The molecule has 1 atom stereocenters. The van der Waals surface area contributed by atoms with Crippen molar-refractivity contribution < 1.29 is 0 Å². The molecule has 0 amide bonds. The predicted molar refractivity (Wildman–Crippen MR) is 65.4 cm³/mol. The van der Waals surface area contributed by atoms with Crippen LogP contribution in [0.3, 0.4) is 0 Å². The van der Waals surface area contributed by atoms with E-state index in [-0.39, 0.29) is 0 Å². The molecule has 1 aromatic rings. The average molecular weight is 271 g/mol. The van der Waals surface area contributed by atoms with Gasteiger partial charge in [0.15, 0.2) is 0 Å². The van der Waals surface area contributed by atoms with Crippen molar-refractivity contribution in [3.63, 3.8) is 0 Å². The molecule has 0 radical (unpaired) electrons. The lowest BCUT2D eigenvalue weighted by atomic mass is 10.2. The van der Waals surface area contributed by atoms with Crippen molar-refractivity contribution in [2.45, 2.75) is 16.0 Å². The van der Waals surface area contributed by atoms with E-state index >= 15 is 0 Å². The maximum Gasteiger partial charge on any atom is 0.232 e. The molecule has 5 heteroatoms. The molecule has 1 heterocycles. The minimum Gasteiger partial charge on any atom is -0.256 e. The predicted octanol–water partition coefficient (Wildman–Crippen LogP) is 4.33. The van der Waals surface area contributed by atoms with Crippen molar-refractivity contribution in [1.29, 1.82) is 0 Å². The van der Waals surface area contributed by atoms with Gasteiger partial charge in [-0.3, -0.25) is 4.98 Å². The molecule has 0 aliphatic heterocycles. The summed E-state index contributed by atoms with van der Waals surface area (Å²) in [4.78, 5) is 4.11. The average Bonchev–Trinajstić information content (AvgIpc) is 2.15. The Morgan fingerprint density at radius 1 is 1.36 bits per heavy atom. The van der Waals surface area contributed by atoms with Crippen LogP contribution in [0.15, 0.2) is 18.3 Å². The Morgan fingerprint density at radius 2 is 2.00 bits per heavy atom. The fourth-order valence-corrected chi connectivity index (χ4v) is 1.70. The smallest absolute Gasteiger partial charge is 0.232 e. The van der Waals surface area contributed by atoms with Crippen LogP contribution in [0, 0.1) is 0 Å². The van der Waals surface area contributed by atoms with E-state index in [1.807, 2.05) is 12.3 Å². The van der Waals surface area contributed by atoms with E-state index in [4.69, 9.17) is 34.8 Å². The topological polar surface area (TPSA) is 12.9 Å². The van der Waals surface area contributed by atoms with Crippen molar-refractivity contribution in [3.8, 4) is 0 Å². The second-order valence-electron chi connectivity index (χ2n) is 2.85. The first-order valence-electron chi connectivity index (χ1n) is 4.01. The van der Waals surface area contributed by atoms with Crippen molar-refractivity contribution >= 4 is 46.6 Å². The van der Waals surface area contributed by atoms with Gasteiger partial charge in [0.2, 0.25) is 3.79 Å². The number of pyridine rings is 1. The van der Waals surface area contributed by atoms with Crippen molar-refractivity contribution in [1.82, 2.24) is 4.98 Å². The third-order valence-corrected chi connectivity index (χ3v) is 3.46. The lowest BCUT2D eigenvalue weighted by molar-refractivity contribution is 1.02. The molecule has 0 spiro atoms. The van der Waals surface area contributed by atoms with Crippen LogP contribution in [0.2, 0.25) is 0 Å².